The average Bonchev–Trinajstić information content (AvgIpc) is 3.76. The Morgan fingerprint density at radius 2 is 1.75 bits per heavy atom. The normalized spacial score (nSPS) is 19.8. The summed E-state index contributed by atoms with van der Waals surface area (Å²) in [6, 6.07) is 19.2. The summed E-state index contributed by atoms with van der Waals surface area (Å²) in [5, 5.41) is 13.9. The molecule has 3 aliphatic heterocycles. The Hall–Kier alpha value is -5.52. The fraction of sp³-hybridized carbons (Fsp3) is 0.417. The van der Waals surface area contributed by atoms with Crippen molar-refractivity contribution in [1.29, 1.82) is 0 Å². The number of aromatic amines is 1. The predicted octanol–water partition coefficient (Wildman–Crippen LogP) is 7.62. The fourth-order valence-electron chi connectivity index (χ4n) is 9.54. The summed E-state index contributed by atoms with van der Waals surface area (Å²) in [4.78, 5) is 42.3. The van der Waals surface area contributed by atoms with Crippen LogP contribution in [-0.2, 0) is 16.4 Å². The van der Waals surface area contributed by atoms with Crippen LogP contribution in [-0.4, -0.2) is 123 Å². The zero-order valence-corrected chi connectivity index (χ0v) is 38.6. The molecule has 342 valence electrons. The lowest BCUT2D eigenvalue weighted by Gasteiger charge is -2.39. The number of nitrogens with one attached hydrogen (secondary N) is 2. The Morgan fingerprint density at radius 3 is 2.51 bits per heavy atom. The molecule has 0 saturated carbocycles. The number of piperazine rings is 2. The van der Waals surface area contributed by atoms with E-state index in [0.717, 1.165) is 107 Å². The third-order valence-electron chi connectivity index (χ3n) is 13.3. The van der Waals surface area contributed by atoms with Crippen molar-refractivity contribution in [3.8, 4) is 17.2 Å². The smallest absolute Gasteiger partial charge is 0.277 e. The lowest BCUT2D eigenvalue weighted by molar-refractivity contribution is -0.386. The van der Waals surface area contributed by atoms with Gasteiger partial charge in [0.15, 0.2) is 0 Å². The molecule has 5 heterocycles. The SMILES string of the molecule is CN1CCN(C[C@@H]2COc3cc(S(=O)(=O)NC(=O)c4ccc(N5CCN(CC6=C(c7ccc(Cl)cc7)CC(C)(C)CC6)CC5)cc4Oc4cnc5[nH]ccc5c4)cc([N+](=O)[O-])c3C2)CC1. The quantitative estimate of drug-likeness (QED) is 0.0930. The number of halogens is 1. The van der Waals surface area contributed by atoms with Crippen molar-refractivity contribution in [2.24, 2.45) is 11.3 Å². The van der Waals surface area contributed by atoms with E-state index < -0.39 is 25.7 Å². The molecule has 9 rings (SSSR count). The number of rotatable bonds is 12. The molecule has 4 aliphatic rings. The minimum absolute atomic E-state index is 0.00573. The highest BCUT2D eigenvalue weighted by atomic mass is 35.5. The lowest BCUT2D eigenvalue weighted by Crippen LogP contribution is -2.47. The third kappa shape index (κ3) is 10.2. The Balaban J connectivity index is 0.933. The van der Waals surface area contributed by atoms with Gasteiger partial charge in [0.25, 0.3) is 21.6 Å². The van der Waals surface area contributed by atoms with Gasteiger partial charge in [-0.15, -0.1) is 0 Å². The van der Waals surface area contributed by atoms with Crippen molar-refractivity contribution >= 4 is 55.5 Å². The Bertz CT molecular complexity index is 2740. The number of carbonyl (C=O) groups is 1. The van der Waals surface area contributed by atoms with E-state index in [1.807, 2.05) is 18.2 Å². The van der Waals surface area contributed by atoms with Crippen molar-refractivity contribution in [3.63, 3.8) is 0 Å². The molecule has 1 aliphatic carbocycles. The first-order valence-electron chi connectivity index (χ1n) is 22.3. The van der Waals surface area contributed by atoms with E-state index in [1.54, 1.807) is 30.5 Å². The topological polar surface area (TPSA) is 166 Å². The van der Waals surface area contributed by atoms with Gasteiger partial charge in [-0.25, -0.2) is 18.1 Å². The largest absolute Gasteiger partial charge is 0.493 e. The standard InChI is InChI=1S/C48H55ClN8O7S/c1-48(2)12-10-35(42(27-48)33-4-6-36(49)7-5-33)30-55-18-20-56(21-19-55)37-8-9-40(45(24-37)64-38-23-34-11-13-50-46(34)51-28-38)47(58)52-65(61,62)39-25-43(57(59)60)41-22-32(31-63-44(41)26-39)29-54-16-14-53(3)15-17-54/h4-9,11,13,23-26,28,32H,10,12,14-22,27,29-31H2,1-3H3,(H,50,51)(H,52,58)/t32-/m1/s1. The van der Waals surface area contributed by atoms with Gasteiger partial charge in [-0.05, 0) is 85.7 Å². The number of anilines is 1. The van der Waals surface area contributed by atoms with Gasteiger partial charge < -0.3 is 29.2 Å². The number of hydrogen-bond acceptors (Lipinski definition) is 12. The molecule has 17 heteroatoms. The van der Waals surface area contributed by atoms with Crippen molar-refractivity contribution in [2.45, 2.75) is 44.4 Å². The van der Waals surface area contributed by atoms with Crippen LogP contribution in [0.1, 0.15) is 54.6 Å². The average molecular weight is 924 g/mol. The minimum atomic E-state index is -4.62. The van der Waals surface area contributed by atoms with Gasteiger partial charge in [-0.3, -0.25) is 19.8 Å². The molecule has 2 aromatic heterocycles. The number of nitrogens with zero attached hydrogens (tertiary/aromatic N) is 6. The molecule has 1 amide bonds. The number of pyridine rings is 1. The number of hydrogen-bond donors (Lipinski definition) is 2. The van der Waals surface area contributed by atoms with Gasteiger partial charge in [0, 0.05) is 112 Å². The zero-order chi connectivity index (χ0) is 45.5. The van der Waals surface area contributed by atoms with Crippen molar-refractivity contribution < 1.29 is 27.6 Å². The molecule has 65 heavy (non-hydrogen) atoms. The maximum absolute atomic E-state index is 14.1. The summed E-state index contributed by atoms with van der Waals surface area (Å²) >= 11 is 6.25. The number of H-pyrrole nitrogens is 1. The van der Waals surface area contributed by atoms with Crippen molar-refractivity contribution in [1.82, 2.24) is 29.4 Å². The number of allylic oxidation sites excluding steroid dienone is 1. The minimum Gasteiger partial charge on any atom is -0.493 e. The number of ether oxygens (including phenoxy) is 2. The van der Waals surface area contributed by atoms with E-state index in [9.17, 15) is 23.3 Å². The highest BCUT2D eigenvalue weighted by Gasteiger charge is 2.34. The van der Waals surface area contributed by atoms with Gasteiger partial charge in [0.2, 0.25) is 0 Å². The molecule has 0 bridgehead atoms. The highest BCUT2D eigenvalue weighted by Crippen LogP contribution is 2.44. The van der Waals surface area contributed by atoms with E-state index in [4.69, 9.17) is 21.1 Å². The van der Waals surface area contributed by atoms with Gasteiger partial charge in [-0.2, -0.15) is 0 Å². The van der Waals surface area contributed by atoms with Crippen molar-refractivity contribution in [2.75, 3.05) is 84.0 Å². The van der Waals surface area contributed by atoms with Crippen LogP contribution in [0.3, 0.4) is 0 Å². The van der Waals surface area contributed by atoms with Crippen LogP contribution in [0.5, 0.6) is 17.2 Å². The first-order valence-corrected chi connectivity index (χ1v) is 24.1. The monoisotopic (exact) mass is 922 g/mol. The van der Waals surface area contributed by atoms with E-state index in [1.165, 1.54) is 29.0 Å². The summed E-state index contributed by atoms with van der Waals surface area (Å²) in [6.07, 6.45) is 6.86. The first kappa shape index (κ1) is 44.7. The number of amides is 1. The van der Waals surface area contributed by atoms with Gasteiger partial charge >= 0.3 is 0 Å². The Labute approximate surface area is 384 Å². The summed E-state index contributed by atoms with van der Waals surface area (Å²) in [7, 11) is -2.54. The molecular weight excluding hydrogens is 868 g/mol. The fourth-order valence-corrected chi connectivity index (χ4v) is 10.7. The van der Waals surface area contributed by atoms with Crippen LogP contribution in [0.25, 0.3) is 16.6 Å². The van der Waals surface area contributed by atoms with Gasteiger partial charge in [-0.1, -0.05) is 43.2 Å². The molecule has 0 unspecified atom stereocenters. The van der Waals surface area contributed by atoms with Crippen molar-refractivity contribution in [3.05, 3.63) is 117 Å². The second-order valence-corrected chi connectivity index (χ2v) is 20.8. The molecule has 0 radical (unpaired) electrons. The lowest BCUT2D eigenvalue weighted by atomic mass is 9.72. The third-order valence-corrected chi connectivity index (χ3v) is 14.9. The number of likely N-dealkylation sites (N-methyl/N-ethyl adjacent to an activating group) is 1. The second kappa shape index (κ2) is 18.4. The first-order chi connectivity index (χ1) is 31.2. The zero-order valence-electron chi connectivity index (χ0n) is 37.0. The molecule has 2 fully saturated rings. The number of carbonyl (C=O) groups excluding carboxylic acids is 1. The van der Waals surface area contributed by atoms with E-state index in [0.29, 0.717) is 30.0 Å². The maximum atomic E-state index is 14.1. The number of nitro groups is 1. The number of fused-ring (bicyclic) bond motifs is 2. The van der Waals surface area contributed by atoms with Crippen LogP contribution < -0.4 is 19.1 Å². The summed E-state index contributed by atoms with van der Waals surface area (Å²) in [5.74, 6) is -0.343. The van der Waals surface area contributed by atoms with E-state index in [2.05, 4.69) is 67.3 Å². The van der Waals surface area contributed by atoms with E-state index in [-0.39, 0.29) is 34.1 Å². The van der Waals surface area contributed by atoms with Crippen LogP contribution >= 0.6 is 11.6 Å². The van der Waals surface area contributed by atoms with Gasteiger partial charge in [0.05, 0.1) is 33.7 Å². The molecule has 0 spiro atoms. The van der Waals surface area contributed by atoms with E-state index >= 15 is 0 Å². The Kier molecular flexibility index (Phi) is 12.6. The molecule has 2 N–H and O–H groups in total. The number of aromatic nitrogens is 2. The van der Waals surface area contributed by atoms with Crippen LogP contribution in [0.4, 0.5) is 11.4 Å². The summed E-state index contributed by atoms with van der Waals surface area (Å²) < 4.78 is 42.4. The maximum Gasteiger partial charge on any atom is 0.277 e. The number of sulfonamides is 1. The van der Waals surface area contributed by atoms with Crippen LogP contribution in [0, 0.1) is 21.4 Å². The summed E-state index contributed by atoms with van der Waals surface area (Å²) in [6.45, 7) is 13.3. The number of nitro benzene ring substituents is 1. The summed E-state index contributed by atoms with van der Waals surface area (Å²) in [5.41, 5.74) is 5.75. The molecule has 5 aromatic rings. The second-order valence-electron chi connectivity index (χ2n) is 18.7. The molecule has 2 saturated heterocycles. The van der Waals surface area contributed by atoms with Gasteiger partial charge in [0.1, 0.15) is 22.9 Å². The number of benzene rings is 3. The molecular formula is C48H55ClN8O7S. The predicted molar refractivity (Wildman–Crippen MR) is 252 cm³/mol. The molecule has 3 aromatic carbocycles. The molecule has 15 nitrogen and oxygen atoms in total. The molecule has 1 atom stereocenters. The highest BCUT2D eigenvalue weighted by molar-refractivity contribution is 7.90. The Morgan fingerprint density at radius 1 is 1.00 bits per heavy atom. The van der Waals surface area contributed by atoms with Crippen LogP contribution in [0.2, 0.25) is 5.02 Å². The van der Waals surface area contributed by atoms with Crippen LogP contribution in [0.15, 0.2) is 89.6 Å².